The minimum absolute atomic E-state index is 0.334. The number of aryl methyl sites for hydroxylation is 2. The van der Waals surface area contributed by atoms with Crippen molar-refractivity contribution in [2.24, 2.45) is 5.92 Å². The van der Waals surface area contributed by atoms with Crippen LogP contribution in [0.2, 0.25) is 0 Å². The first kappa shape index (κ1) is 18.2. The van der Waals surface area contributed by atoms with Crippen molar-refractivity contribution in [1.29, 1.82) is 0 Å². The summed E-state index contributed by atoms with van der Waals surface area (Å²) in [6.07, 6.45) is -1.46. The summed E-state index contributed by atoms with van der Waals surface area (Å²) in [6, 6.07) is 0. The Labute approximate surface area is 148 Å². The van der Waals surface area contributed by atoms with Crippen molar-refractivity contribution in [2.45, 2.75) is 39.4 Å². The van der Waals surface area contributed by atoms with Crippen molar-refractivity contribution in [3.63, 3.8) is 0 Å². The number of nitrogens with one attached hydrogen (secondary N) is 1. The van der Waals surface area contributed by atoms with E-state index in [0.29, 0.717) is 35.5 Å². The van der Waals surface area contributed by atoms with E-state index in [2.05, 4.69) is 20.2 Å². The Kier molecular flexibility index (Phi) is 5.33. The van der Waals surface area contributed by atoms with Gasteiger partial charge in [0.1, 0.15) is 10.6 Å². The van der Waals surface area contributed by atoms with Gasteiger partial charge in [-0.2, -0.15) is 13.2 Å². The number of aromatic nitrogens is 2. The zero-order valence-electron chi connectivity index (χ0n) is 14.2. The van der Waals surface area contributed by atoms with Gasteiger partial charge in [0.25, 0.3) is 0 Å². The van der Waals surface area contributed by atoms with Crippen LogP contribution >= 0.6 is 11.3 Å². The van der Waals surface area contributed by atoms with Crippen LogP contribution in [0.25, 0.3) is 0 Å². The molecule has 1 N–H and O–H groups in total. The van der Waals surface area contributed by atoms with Crippen LogP contribution in [0.15, 0.2) is 10.6 Å². The Morgan fingerprint density at radius 3 is 2.60 bits per heavy atom. The lowest BCUT2D eigenvalue weighted by Crippen LogP contribution is -2.35. The molecule has 0 saturated carbocycles. The number of hydrogen-bond donors (Lipinski definition) is 1. The molecule has 0 atom stereocenters. The van der Waals surface area contributed by atoms with Crippen LogP contribution in [0.3, 0.4) is 0 Å². The lowest BCUT2D eigenvalue weighted by molar-refractivity contribution is -0.134. The van der Waals surface area contributed by atoms with Gasteiger partial charge in [-0.05, 0) is 45.7 Å². The summed E-state index contributed by atoms with van der Waals surface area (Å²) in [5.74, 6) is 2.03. The molecule has 1 fully saturated rings. The molecule has 0 spiro atoms. The van der Waals surface area contributed by atoms with E-state index in [0.717, 1.165) is 49.5 Å². The summed E-state index contributed by atoms with van der Waals surface area (Å²) in [5.41, 5.74) is 0.927. The van der Waals surface area contributed by atoms with Crippen molar-refractivity contribution in [2.75, 3.05) is 25.0 Å². The predicted molar refractivity (Wildman–Crippen MR) is 89.6 cm³/mol. The van der Waals surface area contributed by atoms with E-state index in [1.807, 2.05) is 13.8 Å². The average Bonchev–Trinajstić information content (AvgIpc) is 3.14. The highest BCUT2D eigenvalue weighted by atomic mass is 32.1. The second kappa shape index (κ2) is 7.33. The van der Waals surface area contributed by atoms with Gasteiger partial charge in [0, 0.05) is 6.54 Å². The molecule has 0 amide bonds. The number of likely N-dealkylation sites (tertiary alicyclic amines) is 1. The third-order valence-corrected chi connectivity index (χ3v) is 5.47. The maximum Gasteiger partial charge on any atom is 0.427 e. The fraction of sp³-hybridized carbons (Fsp3) is 0.625. The van der Waals surface area contributed by atoms with Crippen molar-refractivity contribution in [3.05, 3.63) is 28.4 Å². The van der Waals surface area contributed by atoms with Gasteiger partial charge in [0.05, 0.1) is 18.4 Å². The van der Waals surface area contributed by atoms with Crippen molar-refractivity contribution in [1.82, 2.24) is 14.9 Å². The molecule has 0 unspecified atom stereocenters. The minimum atomic E-state index is -4.32. The number of hydrogen-bond acceptors (Lipinski definition) is 6. The molecular weight excluding hydrogens is 353 g/mol. The molecule has 2 aromatic rings. The highest BCUT2D eigenvalue weighted by Crippen LogP contribution is 2.35. The van der Waals surface area contributed by atoms with Gasteiger partial charge in [-0.15, -0.1) is 0 Å². The van der Waals surface area contributed by atoms with Crippen LogP contribution in [0.4, 0.5) is 18.3 Å². The molecule has 1 saturated heterocycles. The van der Waals surface area contributed by atoms with Gasteiger partial charge in [-0.1, -0.05) is 11.3 Å². The van der Waals surface area contributed by atoms with Gasteiger partial charge in [0.15, 0.2) is 5.13 Å². The SMILES string of the molecule is Cc1nc(CN2CCC(CNc3ncc(C(F)(F)F)s3)CC2)oc1C. The summed E-state index contributed by atoms with van der Waals surface area (Å²) in [7, 11) is 0. The molecule has 2 aromatic heterocycles. The predicted octanol–water partition coefficient (Wildman–Crippen LogP) is 4.09. The molecule has 0 bridgehead atoms. The monoisotopic (exact) mass is 374 g/mol. The molecule has 3 rings (SSSR count). The molecule has 3 heterocycles. The summed E-state index contributed by atoms with van der Waals surface area (Å²) in [4.78, 5) is 9.84. The van der Waals surface area contributed by atoms with Crippen LogP contribution in [0, 0.1) is 19.8 Å². The first-order valence-corrected chi connectivity index (χ1v) is 9.05. The van der Waals surface area contributed by atoms with Crippen molar-refractivity contribution >= 4 is 16.5 Å². The van der Waals surface area contributed by atoms with E-state index in [-0.39, 0.29) is 0 Å². The smallest absolute Gasteiger partial charge is 0.427 e. The number of nitrogens with zero attached hydrogens (tertiary/aromatic N) is 3. The molecule has 1 aliphatic heterocycles. The molecule has 0 aromatic carbocycles. The molecule has 5 nitrogen and oxygen atoms in total. The third-order valence-electron chi connectivity index (χ3n) is 4.47. The fourth-order valence-electron chi connectivity index (χ4n) is 2.87. The van der Waals surface area contributed by atoms with Crippen molar-refractivity contribution in [3.8, 4) is 0 Å². The molecule has 0 radical (unpaired) electrons. The Bertz CT molecular complexity index is 685. The quantitative estimate of drug-likeness (QED) is 0.854. The Morgan fingerprint density at radius 1 is 1.32 bits per heavy atom. The number of halogens is 3. The summed E-state index contributed by atoms with van der Waals surface area (Å²) in [6.45, 7) is 7.05. The maximum atomic E-state index is 12.6. The van der Waals surface area contributed by atoms with Crippen LogP contribution in [0.1, 0.15) is 35.1 Å². The molecule has 9 heteroatoms. The van der Waals surface area contributed by atoms with Gasteiger partial charge in [-0.3, -0.25) is 4.90 Å². The number of rotatable bonds is 5. The highest BCUT2D eigenvalue weighted by molar-refractivity contribution is 7.15. The van der Waals surface area contributed by atoms with Crippen molar-refractivity contribution < 1.29 is 17.6 Å². The molecule has 0 aliphatic carbocycles. The van der Waals surface area contributed by atoms with Gasteiger partial charge in [0.2, 0.25) is 5.89 Å². The van der Waals surface area contributed by atoms with Gasteiger partial charge < -0.3 is 9.73 Å². The lowest BCUT2D eigenvalue weighted by Gasteiger charge is -2.31. The number of alkyl halides is 3. The molecule has 25 heavy (non-hydrogen) atoms. The summed E-state index contributed by atoms with van der Waals surface area (Å²) >= 11 is 0.656. The number of piperidine rings is 1. The fourth-order valence-corrected chi connectivity index (χ4v) is 3.56. The normalized spacial score (nSPS) is 17.2. The number of oxazole rings is 1. The minimum Gasteiger partial charge on any atom is -0.444 e. The van der Waals surface area contributed by atoms with E-state index >= 15 is 0 Å². The average molecular weight is 374 g/mol. The number of anilines is 1. The second-order valence-electron chi connectivity index (χ2n) is 6.38. The Hall–Kier alpha value is -1.61. The van der Waals surface area contributed by atoms with E-state index in [4.69, 9.17) is 4.42 Å². The zero-order chi connectivity index (χ0) is 18.0. The van der Waals surface area contributed by atoms with E-state index in [9.17, 15) is 13.2 Å². The van der Waals surface area contributed by atoms with Crippen LogP contribution in [0.5, 0.6) is 0 Å². The summed E-state index contributed by atoms with van der Waals surface area (Å²) < 4.78 is 43.3. The van der Waals surface area contributed by atoms with Gasteiger partial charge in [-0.25, -0.2) is 9.97 Å². The first-order chi connectivity index (χ1) is 11.8. The molecule has 138 valence electrons. The van der Waals surface area contributed by atoms with Crippen LogP contribution < -0.4 is 5.32 Å². The second-order valence-corrected chi connectivity index (χ2v) is 7.41. The maximum absolute atomic E-state index is 12.6. The Balaban J connectivity index is 1.42. The topological polar surface area (TPSA) is 54.2 Å². The van der Waals surface area contributed by atoms with E-state index < -0.39 is 11.1 Å². The molecular formula is C16H21F3N4OS. The van der Waals surface area contributed by atoms with E-state index in [1.165, 1.54) is 0 Å². The molecule has 1 aliphatic rings. The zero-order valence-corrected chi connectivity index (χ0v) is 15.0. The number of thiazole rings is 1. The van der Waals surface area contributed by atoms with E-state index in [1.54, 1.807) is 0 Å². The van der Waals surface area contributed by atoms with Gasteiger partial charge >= 0.3 is 6.18 Å². The third kappa shape index (κ3) is 4.72. The highest BCUT2D eigenvalue weighted by Gasteiger charge is 2.33. The first-order valence-electron chi connectivity index (χ1n) is 8.23. The standard InChI is InChI=1S/C16H21F3N4OS/c1-10-11(2)24-14(22-10)9-23-5-3-12(4-6-23)7-20-15-21-8-13(25-15)16(17,18)19/h8,12H,3-7,9H2,1-2H3,(H,20,21). The lowest BCUT2D eigenvalue weighted by atomic mass is 9.97. The largest absolute Gasteiger partial charge is 0.444 e. The van der Waals surface area contributed by atoms with Crippen LogP contribution in [-0.2, 0) is 12.7 Å². The summed E-state index contributed by atoms with van der Waals surface area (Å²) in [5, 5.41) is 3.37. The van der Waals surface area contributed by atoms with Crippen LogP contribution in [-0.4, -0.2) is 34.5 Å². The Morgan fingerprint density at radius 2 is 2.04 bits per heavy atom.